The van der Waals surface area contributed by atoms with Crippen LogP contribution in [0.1, 0.15) is 34.1 Å². The van der Waals surface area contributed by atoms with Gasteiger partial charge in [0.2, 0.25) is 5.91 Å². The van der Waals surface area contributed by atoms with Gasteiger partial charge in [0.25, 0.3) is 0 Å². The molecule has 1 rings (SSSR count). The molecule has 1 aliphatic heterocycles. The van der Waals surface area contributed by atoms with Crippen LogP contribution in [0.15, 0.2) is 0 Å². The number of hydrogen-bond donors (Lipinski definition) is 1. The molecule has 0 aliphatic carbocycles. The van der Waals surface area contributed by atoms with E-state index in [0.29, 0.717) is 11.8 Å². The lowest BCUT2D eigenvalue weighted by Gasteiger charge is -2.44. The van der Waals surface area contributed by atoms with Gasteiger partial charge in [-0.25, -0.2) is 0 Å². The molecule has 1 fully saturated rings. The van der Waals surface area contributed by atoms with E-state index < -0.39 is 54.5 Å². The largest absolute Gasteiger partial charge is 0.463 e. The fourth-order valence-electron chi connectivity index (χ4n) is 2.69. The molecular formula is C17H26BrNO9. The van der Waals surface area contributed by atoms with Crippen LogP contribution in [0.25, 0.3) is 0 Å². The maximum atomic E-state index is 11.7. The van der Waals surface area contributed by atoms with E-state index in [1.165, 1.54) is 27.7 Å². The molecule has 1 aliphatic rings. The molecule has 0 bridgehead atoms. The number of alkyl halides is 1. The highest BCUT2D eigenvalue weighted by atomic mass is 79.9. The molecule has 0 aromatic rings. The molecule has 1 N–H and O–H groups in total. The van der Waals surface area contributed by atoms with E-state index in [0.717, 1.165) is 0 Å². The van der Waals surface area contributed by atoms with Gasteiger partial charge in [-0.15, -0.1) is 0 Å². The zero-order valence-corrected chi connectivity index (χ0v) is 17.9. The van der Waals surface area contributed by atoms with Crippen molar-refractivity contribution in [1.82, 2.24) is 5.32 Å². The number of rotatable bonds is 9. The zero-order chi connectivity index (χ0) is 21.3. The Morgan fingerprint density at radius 1 is 0.964 bits per heavy atom. The van der Waals surface area contributed by atoms with Gasteiger partial charge in [0.1, 0.15) is 18.8 Å². The molecule has 0 radical (unpaired) electrons. The number of amides is 1. The zero-order valence-electron chi connectivity index (χ0n) is 16.3. The molecule has 0 aromatic carbocycles. The molecular weight excluding hydrogens is 442 g/mol. The van der Waals surface area contributed by atoms with Gasteiger partial charge >= 0.3 is 17.9 Å². The Bertz CT molecular complexity index is 571. The fourth-order valence-corrected chi connectivity index (χ4v) is 2.92. The van der Waals surface area contributed by atoms with E-state index in [1.54, 1.807) is 0 Å². The second-order valence-corrected chi connectivity index (χ2v) is 6.93. The summed E-state index contributed by atoms with van der Waals surface area (Å²) in [5.74, 6) is -2.28. The molecule has 1 amide bonds. The van der Waals surface area contributed by atoms with Gasteiger partial charge in [0.05, 0.1) is 6.61 Å². The van der Waals surface area contributed by atoms with Crippen molar-refractivity contribution in [3.8, 4) is 0 Å². The highest BCUT2D eigenvalue weighted by Gasteiger charge is 2.51. The first-order chi connectivity index (χ1) is 13.1. The van der Waals surface area contributed by atoms with Gasteiger partial charge in [-0.05, 0) is 6.42 Å². The number of nitrogens with one attached hydrogen (secondary N) is 1. The predicted molar refractivity (Wildman–Crippen MR) is 98.4 cm³/mol. The standard InChI is InChI=1S/C17H26BrNO9/c1-9(20)19-14-16(27-12(4)23)15(26-11(3)22)13(8-25-10(2)21)28-17(14)24-7-5-6-18/h13-17H,5-8H2,1-4H3,(H,19,20)/t13-,14-,15-,16-,17+/m1/s1. The smallest absolute Gasteiger partial charge is 0.303 e. The van der Waals surface area contributed by atoms with Crippen molar-refractivity contribution in [2.45, 2.75) is 64.8 Å². The number of carbonyl (C=O) groups excluding carboxylic acids is 4. The lowest BCUT2D eigenvalue weighted by atomic mass is 9.96. The van der Waals surface area contributed by atoms with E-state index in [2.05, 4.69) is 21.2 Å². The summed E-state index contributed by atoms with van der Waals surface area (Å²) in [5, 5.41) is 3.31. The normalized spacial score (nSPS) is 26.8. The molecule has 28 heavy (non-hydrogen) atoms. The van der Waals surface area contributed by atoms with Crippen molar-refractivity contribution in [3.63, 3.8) is 0 Å². The average molecular weight is 468 g/mol. The van der Waals surface area contributed by atoms with Gasteiger partial charge in [0.15, 0.2) is 18.5 Å². The quantitative estimate of drug-likeness (QED) is 0.222. The van der Waals surface area contributed by atoms with Crippen LogP contribution in [0.3, 0.4) is 0 Å². The Labute approximate surface area is 171 Å². The van der Waals surface area contributed by atoms with E-state index in [9.17, 15) is 19.2 Å². The predicted octanol–water partition coefficient (Wildman–Crippen LogP) is 0.444. The molecule has 1 heterocycles. The Morgan fingerprint density at radius 3 is 2.07 bits per heavy atom. The third kappa shape index (κ3) is 8.11. The average Bonchev–Trinajstić information content (AvgIpc) is 2.57. The monoisotopic (exact) mass is 467 g/mol. The van der Waals surface area contributed by atoms with Gasteiger partial charge in [-0.3, -0.25) is 19.2 Å². The van der Waals surface area contributed by atoms with Crippen molar-refractivity contribution >= 4 is 39.7 Å². The topological polar surface area (TPSA) is 126 Å². The summed E-state index contributed by atoms with van der Waals surface area (Å²) in [5.41, 5.74) is 0. The maximum absolute atomic E-state index is 11.7. The summed E-state index contributed by atoms with van der Waals surface area (Å²) in [6, 6.07) is -0.936. The molecule has 0 aromatic heterocycles. The van der Waals surface area contributed by atoms with Gasteiger partial charge in [-0.1, -0.05) is 15.9 Å². The third-order valence-corrected chi connectivity index (χ3v) is 4.19. The highest BCUT2D eigenvalue weighted by molar-refractivity contribution is 9.09. The SMILES string of the molecule is CC(=O)N[C@H]1[C@@H](OCCCBr)O[C@H](COC(C)=O)[C@@H](OC(C)=O)[C@@H]1OC(C)=O. The Morgan fingerprint density at radius 2 is 1.57 bits per heavy atom. The number of halogens is 1. The summed E-state index contributed by atoms with van der Waals surface area (Å²) in [7, 11) is 0. The second kappa shape index (κ2) is 12.0. The van der Waals surface area contributed by atoms with E-state index in [4.69, 9.17) is 23.7 Å². The molecule has 5 atom stereocenters. The number of ether oxygens (including phenoxy) is 5. The molecule has 1 saturated heterocycles. The molecule has 160 valence electrons. The summed E-state index contributed by atoms with van der Waals surface area (Å²) in [6.07, 6.45) is -3.54. The number of esters is 3. The van der Waals surface area contributed by atoms with Gasteiger partial charge in [-0.2, -0.15) is 0 Å². The second-order valence-electron chi connectivity index (χ2n) is 6.13. The van der Waals surface area contributed by atoms with Crippen LogP contribution in [0.5, 0.6) is 0 Å². The Hall–Kier alpha value is -1.72. The van der Waals surface area contributed by atoms with E-state index >= 15 is 0 Å². The van der Waals surface area contributed by atoms with Crippen LogP contribution in [0.2, 0.25) is 0 Å². The van der Waals surface area contributed by atoms with E-state index in [-0.39, 0.29) is 13.2 Å². The van der Waals surface area contributed by atoms with Crippen molar-refractivity contribution < 1.29 is 42.9 Å². The molecule has 10 nitrogen and oxygen atoms in total. The number of carbonyl (C=O) groups is 4. The van der Waals surface area contributed by atoms with E-state index in [1.807, 2.05) is 0 Å². The first kappa shape index (κ1) is 24.3. The third-order valence-electron chi connectivity index (χ3n) is 3.63. The lowest BCUT2D eigenvalue weighted by molar-refractivity contribution is -0.277. The van der Waals surface area contributed by atoms with Crippen LogP contribution >= 0.6 is 15.9 Å². The van der Waals surface area contributed by atoms with Gasteiger partial charge in [0, 0.05) is 33.0 Å². The molecule has 11 heteroatoms. The minimum atomic E-state index is -1.12. The fraction of sp³-hybridized carbons (Fsp3) is 0.765. The van der Waals surface area contributed by atoms with Crippen molar-refractivity contribution in [2.24, 2.45) is 0 Å². The summed E-state index contributed by atoms with van der Waals surface area (Å²) in [6.45, 7) is 4.91. The maximum Gasteiger partial charge on any atom is 0.303 e. The van der Waals surface area contributed by atoms with Crippen molar-refractivity contribution in [2.75, 3.05) is 18.5 Å². The van der Waals surface area contributed by atoms with Crippen molar-refractivity contribution in [1.29, 1.82) is 0 Å². The van der Waals surface area contributed by atoms with Gasteiger partial charge < -0.3 is 29.0 Å². The van der Waals surface area contributed by atoms with Crippen LogP contribution in [0.4, 0.5) is 0 Å². The molecule has 0 spiro atoms. The van der Waals surface area contributed by atoms with Crippen LogP contribution in [-0.2, 0) is 42.9 Å². The summed E-state index contributed by atoms with van der Waals surface area (Å²) in [4.78, 5) is 46.2. The minimum absolute atomic E-state index is 0.254. The Kier molecular flexibility index (Phi) is 10.4. The number of hydrogen-bond acceptors (Lipinski definition) is 9. The van der Waals surface area contributed by atoms with Crippen LogP contribution in [-0.4, -0.2) is 73.0 Å². The van der Waals surface area contributed by atoms with Crippen LogP contribution in [0, 0.1) is 0 Å². The summed E-state index contributed by atoms with van der Waals surface area (Å²) < 4.78 is 27.2. The summed E-state index contributed by atoms with van der Waals surface area (Å²) >= 11 is 3.29. The van der Waals surface area contributed by atoms with Crippen LogP contribution < -0.4 is 5.32 Å². The highest BCUT2D eigenvalue weighted by Crippen LogP contribution is 2.28. The first-order valence-electron chi connectivity index (χ1n) is 8.73. The molecule has 0 saturated carbocycles. The molecule has 0 unspecified atom stereocenters. The Balaban J connectivity index is 3.21. The lowest BCUT2D eigenvalue weighted by Crippen LogP contribution is -2.66. The first-order valence-corrected chi connectivity index (χ1v) is 9.85. The van der Waals surface area contributed by atoms with Crippen molar-refractivity contribution in [3.05, 3.63) is 0 Å². The minimum Gasteiger partial charge on any atom is -0.463 e.